The Labute approximate surface area is 175 Å². The number of benzene rings is 1. The molecule has 0 fully saturated rings. The molecule has 2 rings (SSSR count). The number of nitrogens with one attached hydrogen (secondary N) is 1. The van der Waals surface area contributed by atoms with Crippen LogP contribution in [0.15, 0.2) is 36.5 Å². The molecular weight excluding hydrogens is 430 g/mol. The van der Waals surface area contributed by atoms with Crippen LogP contribution in [0.1, 0.15) is 42.4 Å². The van der Waals surface area contributed by atoms with Crippen molar-refractivity contribution < 1.29 is 22.8 Å². The number of hydrazine groups is 1. The number of carbonyl (C=O) groups is 2. The lowest BCUT2D eigenvalue weighted by atomic mass is 10.1. The summed E-state index contributed by atoms with van der Waals surface area (Å²) in [5, 5.41) is 1.15. The molecule has 0 saturated heterocycles. The quantitative estimate of drug-likeness (QED) is 0.679. The van der Waals surface area contributed by atoms with Crippen LogP contribution in [0.5, 0.6) is 0 Å². The molecule has 5 nitrogen and oxygen atoms in total. The standard InChI is InChI=1S/C19H18Cl2F3N3O2/c1-18(2,3)27(26-17(29)11-5-4-6-13(20)7-11)16(28)9-15-14(21)8-12(10-25-15)19(22,23)24/h4-8,10H,9H2,1-3H3,(H,26,29). The van der Waals surface area contributed by atoms with Crippen molar-refractivity contribution in [3.05, 3.63) is 63.4 Å². The minimum absolute atomic E-state index is 0.0316. The molecule has 29 heavy (non-hydrogen) atoms. The van der Waals surface area contributed by atoms with Crippen LogP contribution in [0.3, 0.4) is 0 Å². The van der Waals surface area contributed by atoms with Crippen LogP contribution in [0, 0.1) is 0 Å². The summed E-state index contributed by atoms with van der Waals surface area (Å²) < 4.78 is 38.2. The molecule has 1 aromatic carbocycles. The van der Waals surface area contributed by atoms with Gasteiger partial charge in [-0.3, -0.25) is 20.0 Å². The van der Waals surface area contributed by atoms with Gasteiger partial charge in [-0.15, -0.1) is 0 Å². The number of alkyl halides is 3. The maximum Gasteiger partial charge on any atom is 0.417 e. The van der Waals surface area contributed by atoms with Gasteiger partial charge in [-0.2, -0.15) is 13.2 Å². The molecular formula is C19H18Cl2F3N3O2. The summed E-state index contributed by atoms with van der Waals surface area (Å²) in [6.07, 6.45) is -4.38. The Kier molecular flexibility index (Phi) is 6.80. The Bertz CT molecular complexity index is 928. The first kappa shape index (κ1) is 23.0. The van der Waals surface area contributed by atoms with E-state index in [1.807, 2.05) is 0 Å². The molecule has 0 atom stereocenters. The minimum atomic E-state index is -4.60. The zero-order valence-corrected chi connectivity index (χ0v) is 17.3. The third-order valence-corrected chi connectivity index (χ3v) is 4.35. The maximum absolute atomic E-state index is 12.8. The van der Waals surface area contributed by atoms with Gasteiger partial charge in [0.25, 0.3) is 5.91 Å². The molecule has 0 radical (unpaired) electrons. The van der Waals surface area contributed by atoms with Crippen LogP contribution in [0.4, 0.5) is 13.2 Å². The van der Waals surface area contributed by atoms with E-state index in [9.17, 15) is 22.8 Å². The zero-order chi connectivity index (χ0) is 22.0. The molecule has 0 spiro atoms. The van der Waals surface area contributed by atoms with Crippen molar-refractivity contribution in [2.45, 2.75) is 38.9 Å². The van der Waals surface area contributed by atoms with E-state index >= 15 is 0 Å². The highest BCUT2D eigenvalue weighted by atomic mass is 35.5. The second-order valence-corrected chi connectivity index (χ2v) is 8.02. The zero-order valence-electron chi connectivity index (χ0n) is 15.8. The van der Waals surface area contributed by atoms with Gasteiger partial charge in [0.1, 0.15) is 0 Å². The summed E-state index contributed by atoms with van der Waals surface area (Å²) in [7, 11) is 0. The number of pyridine rings is 1. The van der Waals surface area contributed by atoms with Gasteiger partial charge in [0, 0.05) is 16.8 Å². The van der Waals surface area contributed by atoms with Crippen LogP contribution in [0.25, 0.3) is 0 Å². The third-order valence-electron chi connectivity index (χ3n) is 3.78. The lowest BCUT2D eigenvalue weighted by Gasteiger charge is -2.35. The smallest absolute Gasteiger partial charge is 0.273 e. The van der Waals surface area contributed by atoms with E-state index in [2.05, 4.69) is 10.4 Å². The predicted molar refractivity (Wildman–Crippen MR) is 103 cm³/mol. The van der Waals surface area contributed by atoms with Gasteiger partial charge in [0.2, 0.25) is 5.91 Å². The van der Waals surface area contributed by atoms with Crippen LogP contribution < -0.4 is 5.43 Å². The van der Waals surface area contributed by atoms with Crippen molar-refractivity contribution in [3.8, 4) is 0 Å². The fourth-order valence-corrected chi connectivity index (χ4v) is 2.80. The van der Waals surface area contributed by atoms with E-state index < -0.39 is 35.5 Å². The number of halogens is 5. The van der Waals surface area contributed by atoms with Crippen molar-refractivity contribution in [2.75, 3.05) is 0 Å². The van der Waals surface area contributed by atoms with Gasteiger partial charge >= 0.3 is 6.18 Å². The number of aromatic nitrogens is 1. The highest BCUT2D eigenvalue weighted by Crippen LogP contribution is 2.31. The Morgan fingerprint density at radius 3 is 2.31 bits per heavy atom. The first-order chi connectivity index (χ1) is 13.3. The molecule has 2 aromatic rings. The van der Waals surface area contributed by atoms with Crippen LogP contribution in [0.2, 0.25) is 10.0 Å². The summed E-state index contributed by atoms with van der Waals surface area (Å²) in [5.41, 5.74) is 0.877. The lowest BCUT2D eigenvalue weighted by Crippen LogP contribution is -2.56. The second kappa shape index (κ2) is 8.59. The first-order valence-electron chi connectivity index (χ1n) is 8.40. The fraction of sp³-hybridized carbons (Fsp3) is 0.316. The molecule has 0 bridgehead atoms. The molecule has 1 heterocycles. The van der Waals surface area contributed by atoms with E-state index in [0.717, 1.165) is 5.01 Å². The van der Waals surface area contributed by atoms with Gasteiger partial charge in [-0.05, 0) is 45.0 Å². The number of hydrogen-bond donors (Lipinski definition) is 1. The summed E-state index contributed by atoms with van der Waals surface area (Å²) in [4.78, 5) is 29.0. The van der Waals surface area contributed by atoms with E-state index in [1.54, 1.807) is 32.9 Å². The van der Waals surface area contributed by atoms with Crippen molar-refractivity contribution in [2.24, 2.45) is 0 Å². The van der Waals surface area contributed by atoms with Gasteiger partial charge in [-0.25, -0.2) is 5.01 Å². The summed E-state index contributed by atoms with van der Waals surface area (Å²) in [5.74, 6) is -1.16. The van der Waals surface area contributed by atoms with E-state index in [-0.39, 0.29) is 16.3 Å². The van der Waals surface area contributed by atoms with Crippen molar-refractivity contribution >= 4 is 35.0 Å². The lowest BCUT2D eigenvalue weighted by molar-refractivity contribution is -0.138. The molecule has 10 heteroatoms. The molecule has 0 aliphatic carbocycles. The van der Waals surface area contributed by atoms with Gasteiger partial charge in [0.05, 0.1) is 28.2 Å². The summed E-state index contributed by atoms with van der Waals surface area (Å²) in [6.45, 7) is 5.06. The molecule has 156 valence electrons. The second-order valence-electron chi connectivity index (χ2n) is 7.18. The monoisotopic (exact) mass is 447 g/mol. The van der Waals surface area contributed by atoms with Crippen molar-refractivity contribution in [1.82, 2.24) is 15.4 Å². The van der Waals surface area contributed by atoms with Gasteiger partial charge in [-0.1, -0.05) is 29.3 Å². The topological polar surface area (TPSA) is 62.3 Å². The van der Waals surface area contributed by atoms with Crippen molar-refractivity contribution in [3.63, 3.8) is 0 Å². The number of hydrogen-bond acceptors (Lipinski definition) is 3. The first-order valence-corrected chi connectivity index (χ1v) is 9.16. The molecule has 0 aliphatic rings. The Morgan fingerprint density at radius 2 is 1.79 bits per heavy atom. The number of carbonyl (C=O) groups excluding carboxylic acids is 2. The summed E-state index contributed by atoms with van der Waals surface area (Å²) in [6, 6.07) is 6.87. The SMILES string of the molecule is CC(C)(C)N(NC(=O)c1cccc(Cl)c1)C(=O)Cc1ncc(C(F)(F)F)cc1Cl. The van der Waals surface area contributed by atoms with Crippen LogP contribution in [-0.2, 0) is 17.4 Å². The molecule has 2 amide bonds. The minimum Gasteiger partial charge on any atom is -0.273 e. The predicted octanol–water partition coefficient (Wildman–Crippen LogP) is 4.92. The van der Waals surface area contributed by atoms with Gasteiger partial charge < -0.3 is 0 Å². The average molecular weight is 448 g/mol. The van der Waals surface area contributed by atoms with Crippen LogP contribution in [-0.4, -0.2) is 27.3 Å². The third kappa shape index (κ3) is 6.08. The Morgan fingerprint density at radius 1 is 1.14 bits per heavy atom. The van der Waals surface area contributed by atoms with Crippen molar-refractivity contribution in [1.29, 1.82) is 0 Å². The fourth-order valence-electron chi connectivity index (χ4n) is 2.37. The number of amides is 2. The van der Waals surface area contributed by atoms with E-state index in [4.69, 9.17) is 23.2 Å². The summed E-state index contributed by atoms with van der Waals surface area (Å²) >= 11 is 11.8. The Hall–Kier alpha value is -2.32. The molecule has 0 unspecified atom stereocenters. The van der Waals surface area contributed by atoms with E-state index in [0.29, 0.717) is 17.3 Å². The largest absolute Gasteiger partial charge is 0.417 e. The van der Waals surface area contributed by atoms with E-state index in [1.165, 1.54) is 12.1 Å². The molecule has 1 aromatic heterocycles. The highest BCUT2D eigenvalue weighted by Gasteiger charge is 2.33. The number of nitrogens with zero attached hydrogens (tertiary/aromatic N) is 2. The molecule has 0 aliphatic heterocycles. The van der Waals surface area contributed by atoms with Crippen LogP contribution >= 0.6 is 23.2 Å². The maximum atomic E-state index is 12.8. The molecule has 1 N–H and O–H groups in total. The Balaban J connectivity index is 2.23. The highest BCUT2D eigenvalue weighted by molar-refractivity contribution is 6.31. The van der Waals surface area contributed by atoms with Gasteiger partial charge in [0.15, 0.2) is 0 Å². The number of rotatable bonds is 3. The normalized spacial score (nSPS) is 11.9. The molecule has 0 saturated carbocycles. The average Bonchev–Trinajstić information content (AvgIpc) is 2.59.